The topological polar surface area (TPSA) is 62.3 Å². The average Bonchev–Trinajstić information content (AvgIpc) is 2.92. The van der Waals surface area contributed by atoms with Gasteiger partial charge >= 0.3 is 0 Å². The van der Waals surface area contributed by atoms with Crippen LogP contribution in [0, 0.1) is 26.7 Å². The fraction of sp³-hybridized carbons (Fsp3) is 0.316. The van der Waals surface area contributed by atoms with E-state index in [0.717, 1.165) is 16.8 Å². The minimum Gasteiger partial charge on any atom is -0.312 e. The van der Waals surface area contributed by atoms with Gasteiger partial charge < -0.3 is 10.2 Å². The number of nitrogens with one attached hydrogen (secondary N) is 1. The van der Waals surface area contributed by atoms with Crippen molar-refractivity contribution in [1.82, 2.24) is 4.98 Å². The van der Waals surface area contributed by atoms with Crippen LogP contribution in [0.5, 0.6) is 0 Å². The van der Waals surface area contributed by atoms with Gasteiger partial charge in [-0.3, -0.25) is 9.59 Å². The third kappa shape index (κ3) is 3.30. The van der Waals surface area contributed by atoms with Gasteiger partial charge in [-0.05, 0) is 61.7 Å². The monoisotopic (exact) mass is 323 g/mol. The predicted molar refractivity (Wildman–Crippen MR) is 94.0 cm³/mol. The van der Waals surface area contributed by atoms with Crippen molar-refractivity contribution in [1.29, 1.82) is 0 Å². The highest BCUT2D eigenvalue weighted by Crippen LogP contribution is 2.27. The van der Waals surface area contributed by atoms with Crippen molar-refractivity contribution >= 4 is 23.3 Å². The van der Waals surface area contributed by atoms with Crippen LogP contribution >= 0.6 is 0 Å². The molecule has 0 spiro atoms. The third-order valence-corrected chi connectivity index (χ3v) is 4.46. The van der Waals surface area contributed by atoms with Gasteiger partial charge in [-0.25, -0.2) is 4.98 Å². The summed E-state index contributed by atoms with van der Waals surface area (Å²) in [7, 11) is 0. The number of anilines is 2. The summed E-state index contributed by atoms with van der Waals surface area (Å²) in [6.45, 7) is 6.40. The van der Waals surface area contributed by atoms with Crippen LogP contribution < -0.4 is 10.2 Å². The Hall–Kier alpha value is -2.69. The lowest BCUT2D eigenvalue weighted by Crippen LogP contribution is -2.28. The van der Waals surface area contributed by atoms with E-state index in [1.54, 1.807) is 11.1 Å². The van der Waals surface area contributed by atoms with Crippen LogP contribution in [-0.2, 0) is 9.59 Å². The van der Waals surface area contributed by atoms with E-state index in [1.165, 1.54) is 5.56 Å². The summed E-state index contributed by atoms with van der Waals surface area (Å²) >= 11 is 0. The lowest BCUT2D eigenvalue weighted by molar-refractivity contribution is -0.122. The summed E-state index contributed by atoms with van der Waals surface area (Å²) in [4.78, 5) is 30.6. The molecule has 1 atom stereocenters. The fourth-order valence-electron chi connectivity index (χ4n) is 2.86. The Morgan fingerprint density at radius 3 is 2.67 bits per heavy atom. The smallest absolute Gasteiger partial charge is 0.230 e. The van der Waals surface area contributed by atoms with Crippen molar-refractivity contribution in [3.8, 4) is 0 Å². The molecule has 5 nitrogen and oxygen atoms in total. The summed E-state index contributed by atoms with van der Waals surface area (Å²) in [5, 5.41) is 2.81. The molecule has 24 heavy (non-hydrogen) atoms. The maximum atomic E-state index is 12.4. The molecular weight excluding hydrogens is 302 g/mol. The molecule has 1 saturated heterocycles. The molecule has 2 amide bonds. The van der Waals surface area contributed by atoms with Gasteiger partial charge in [-0.15, -0.1) is 0 Å². The van der Waals surface area contributed by atoms with Gasteiger partial charge in [-0.1, -0.05) is 6.07 Å². The largest absolute Gasteiger partial charge is 0.312 e. The van der Waals surface area contributed by atoms with Gasteiger partial charge in [0.1, 0.15) is 5.82 Å². The number of aromatic nitrogens is 1. The van der Waals surface area contributed by atoms with Crippen molar-refractivity contribution in [2.45, 2.75) is 27.2 Å². The van der Waals surface area contributed by atoms with Crippen molar-refractivity contribution in [3.63, 3.8) is 0 Å². The summed E-state index contributed by atoms with van der Waals surface area (Å²) in [5.41, 5.74) is 4.20. The normalized spacial score (nSPS) is 17.2. The molecule has 0 bridgehead atoms. The van der Waals surface area contributed by atoms with Crippen LogP contribution in [0.3, 0.4) is 0 Å². The number of rotatable bonds is 3. The number of pyridine rings is 1. The van der Waals surface area contributed by atoms with Crippen molar-refractivity contribution < 1.29 is 9.59 Å². The zero-order valence-electron chi connectivity index (χ0n) is 14.2. The van der Waals surface area contributed by atoms with Crippen molar-refractivity contribution in [2.24, 2.45) is 5.92 Å². The second-order valence-electron chi connectivity index (χ2n) is 6.38. The highest BCUT2D eigenvalue weighted by Gasteiger charge is 2.35. The van der Waals surface area contributed by atoms with Gasteiger partial charge in [0.25, 0.3) is 0 Å². The van der Waals surface area contributed by atoms with Crippen LogP contribution in [0.4, 0.5) is 11.5 Å². The molecule has 1 N–H and O–H groups in total. The van der Waals surface area contributed by atoms with E-state index in [2.05, 4.69) is 10.3 Å². The number of carbonyl (C=O) groups excluding carboxylic acids is 2. The van der Waals surface area contributed by atoms with Crippen LogP contribution in [-0.4, -0.2) is 23.3 Å². The number of aryl methyl sites for hydroxylation is 3. The Kier molecular flexibility index (Phi) is 4.34. The summed E-state index contributed by atoms with van der Waals surface area (Å²) in [6, 6.07) is 9.62. The van der Waals surface area contributed by atoms with E-state index in [-0.39, 0.29) is 24.2 Å². The molecule has 1 aliphatic rings. The first kappa shape index (κ1) is 16.2. The zero-order valence-corrected chi connectivity index (χ0v) is 14.2. The number of hydrogen-bond acceptors (Lipinski definition) is 3. The second kappa shape index (κ2) is 6.43. The highest BCUT2D eigenvalue weighted by molar-refractivity contribution is 6.03. The van der Waals surface area contributed by atoms with E-state index in [1.807, 2.05) is 51.1 Å². The standard InChI is InChI=1S/C19H21N3O2/c1-12-6-7-20-17(8-12)21-19(24)15-10-18(23)22(11-15)16-5-4-13(2)14(3)9-16/h4-9,15H,10-11H2,1-3H3,(H,20,21,24)/t15-/m0/s1. The van der Waals surface area contributed by atoms with E-state index >= 15 is 0 Å². The Morgan fingerprint density at radius 2 is 1.96 bits per heavy atom. The first-order valence-electron chi connectivity index (χ1n) is 8.05. The molecule has 5 heteroatoms. The van der Waals surface area contributed by atoms with Crippen molar-refractivity contribution in [2.75, 3.05) is 16.8 Å². The number of benzene rings is 1. The maximum Gasteiger partial charge on any atom is 0.230 e. The minimum absolute atomic E-state index is 0.0180. The van der Waals surface area contributed by atoms with Gasteiger partial charge in [-0.2, -0.15) is 0 Å². The maximum absolute atomic E-state index is 12.4. The minimum atomic E-state index is -0.360. The van der Waals surface area contributed by atoms with Crippen LogP contribution in [0.15, 0.2) is 36.5 Å². The SMILES string of the molecule is Cc1ccnc(NC(=O)[C@H]2CC(=O)N(c3ccc(C)c(C)c3)C2)c1. The molecule has 3 rings (SSSR count). The van der Waals surface area contributed by atoms with Crippen LogP contribution in [0.25, 0.3) is 0 Å². The molecule has 1 fully saturated rings. The molecule has 124 valence electrons. The number of nitrogens with zero attached hydrogens (tertiary/aromatic N) is 2. The van der Waals surface area contributed by atoms with E-state index in [9.17, 15) is 9.59 Å². The average molecular weight is 323 g/mol. The van der Waals surface area contributed by atoms with Crippen LogP contribution in [0.1, 0.15) is 23.1 Å². The lowest BCUT2D eigenvalue weighted by Gasteiger charge is -2.18. The number of carbonyl (C=O) groups is 2. The molecular formula is C19H21N3O2. The second-order valence-corrected chi connectivity index (χ2v) is 6.38. The fourth-order valence-corrected chi connectivity index (χ4v) is 2.86. The molecule has 0 radical (unpaired) electrons. The first-order chi connectivity index (χ1) is 11.4. The first-order valence-corrected chi connectivity index (χ1v) is 8.05. The summed E-state index contributed by atoms with van der Waals surface area (Å²) in [5.74, 6) is -0.0121. The molecule has 1 aliphatic heterocycles. The van der Waals surface area contributed by atoms with Gasteiger partial charge in [0, 0.05) is 24.8 Å². The Bertz CT molecular complexity index is 801. The van der Waals surface area contributed by atoms with E-state index in [0.29, 0.717) is 12.4 Å². The molecule has 2 aromatic rings. The van der Waals surface area contributed by atoms with E-state index in [4.69, 9.17) is 0 Å². The quantitative estimate of drug-likeness (QED) is 0.944. The lowest BCUT2D eigenvalue weighted by atomic mass is 10.1. The predicted octanol–water partition coefficient (Wildman–Crippen LogP) is 3.00. The molecule has 0 unspecified atom stereocenters. The van der Waals surface area contributed by atoms with Gasteiger partial charge in [0.05, 0.1) is 5.92 Å². The van der Waals surface area contributed by atoms with Crippen molar-refractivity contribution in [3.05, 3.63) is 53.2 Å². The number of amides is 2. The van der Waals surface area contributed by atoms with E-state index < -0.39 is 0 Å². The third-order valence-electron chi connectivity index (χ3n) is 4.46. The molecule has 1 aromatic carbocycles. The Labute approximate surface area is 141 Å². The van der Waals surface area contributed by atoms with Gasteiger partial charge in [0.15, 0.2) is 0 Å². The molecule has 2 heterocycles. The van der Waals surface area contributed by atoms with Gasteiger partial charge in [0.2, 0.25) is 11.8 Å². The summed E-state index contributed by atoms with van der Waals surface area (Å²) < 4.78 is 0. The number of hydrogen-bond donors (Lipinski definition) is 1. The molecule has 0 saturated carbocycles. The van der Waals surface area contributed by atoms with Crippen LogP contribution in [0.2, 0.25) is 0 Å². The molecule has 0 aliphatic carbocycles. The summed E-state index contributed by atoms with van der Waals surface area (Å²) in [6.07, 6.45) is 1.89. The zero-order chi connectivity index (χ0) is 17.3. The highest BCUT2D eigenvalue weighted by atomic mass is 16.2. The molecule has 1 aromatic heterocycles. The Balaban J connectivity index is 1.72. The Morgan fingerprint density at radius 1 is 1.17 bits per heavy atom.